The van der Waals surface area contributed by atoms with Crippen molar-refractivity contribution in [2.45, 2.75) is 32.8 Å². The Hall–Kier alpha value is -3.07. The van der Waals surface area contributed by atoms with Crippen molar-refractivity contribution in [3.05, 3.63) is 54.1 Å². The number of anilines is 2. The third-order valence-corrected chi connectivity index (χ3v) is 5.70. The fourth-order valence-corrected chi connectivity index (χ4v) is 3.01. The van der Waals surface area contributed by atoms with Gasteiger partial charge in [0, 0.05) is 12.7 Å². The van der Waals surface area contributed by atoms with Crippen molar-refractivity contribution >= 4 is 33.3 Å². The van der Waals surface area contributed by atoms with Gasteiger partial charge < -0.3 is 14.8 Å². The molecule has 168 valence electrons. The molecular formula is C22H28N2O6S. The molecule has 0 aromatic heterocycles. The number of ether oxygens (including phenoxy) is 2. The molecule has 0 bridgehead atoms. The van der Waals surface area contributed by atoms with E-state index < -0.39 is 22.1 Å². The summed E-state index contributed by atoms with van der Waals surface area (Å²) in [5.41, 5.74) is 1.42. The van der Waals surface area contributed by atoms with Gasteiger partial charge >= 0.3 is 5.97 Å². The zero-order valence-corrected chi connectivity index (χ0v) is 18.9. The molecule has 0 unspecified atom stereocenters. The van der Waals surface area contributed by atoms with Crippen LogP contribution in [-0.2, 0) is 19.6 Å². The molecule has 2 rings (SSSR count). The zero-order valence-electron chi connectivity index (χ0n) is 18.1. The first-order chi connectivity index (χ1) is 14.6. The molecule has 0 fully saturated rings. The summed E-state index contributed by atoms with van der Waals surface area (Å²) in [5.74, 6) is -0.331. The van der Waals surface area contributed by atoms with Crippen molar-refractivity contribution in [1.82, 2.24) is 0 Å². The van der Waals surface area contributed by atoms with Crippen LogP contribution in [0.1, 0.15) is 37.0 Å². The summed E-state index contributed by atoms with van der Waals surface area (Å²) >= 11 is 0. The van der Waals surface area contributed by atoms with E-state index in [-0.39, 0.29) is 5.91 Å². The Labute approximate surface area is 183 Å². The van der Waals surface area contributed by atoms with Crippen molar-refractivity contribution in [2.75, 3.05) is 29.5 Å². The molecule has 9 heteroatoms. The molecule has 31 heavy (non-hydrogen) atoms. The predicted molar refractivity (Wildman–Crippen MR) is 120 cm³/mol. The molecule has 0 aliphatic heterocycles. The molecule has 2 aromatic carbocycles. The molecule has 1 atom stereocenters. The van der Waals surface area contributed by atoms with Gasteiger partial charge in [0.25, 0.3) is 5.91 Å². The predicted octanol–water partition coefficient (Wildman–Crippen LogP) is 3.45. The van der Waals surface area contributed by atoms with Gasteiger partial charge in [-0.15, -0.1) is 0 Å². The number of amides is 1. The van der Waals surface area contributed by atoms with Crippen LogP contribution in [0.25, 0.3) is 0 Å². The lowest BCUT2D eigenvalue weighted by Crippen LogP contribution is -2.30. The number of nitrogens with one attached hydrogen (secondary N) is 1. The van der Waals surface area contributed by atoms with E-state index in [4.69, 9.17) is 9.47 Å². The highest BCUT2D eigenvalue weighted by Gasteiger charge is 2.16. The topological polar surface area (TPSA) is 102 Å². The molecule has 2 aromatic rings. The minimum absolute atomic E-state index is 0.365. The second-order valence-corrected chi connectivity index (χ2v) is 9.05. The number of esters is 1. The third-order valence-electron chi connectivity index (χ3n) is 4.50. The van der Waals surface area contributed by atoms with Gasteiger partial charge in [0.05, 0.1) is 24.1 Å². The maximum Gasteiger partial charge on any atom is 0.338 e. The van der Waals surface area contributed by atoms with Crippen LogP contribution >= 0.6 is 0 Å². The first-order valence-corrected chi connectivity index (χ1v) is 11.8. The number of unbranched alkanes of at least 4 members (excludes halogenated alkanes) is 1. The van der Waals surface area contributed by atoms with Crippen LogP contribution < -0.4 is 14.4 Å². The first-order valence-electron chi connectivity index (χ1n) is 9.90. The number of benzene rings is 2. The number of rotatable bonds is 10. The van der Waals surface area contributed by atoms with E-state index in [2.05, 4.69) is 5.32 Å². The van der Waals surface area contributed by atoms with E-state index in [1.54, 1.807) is 55.5 Å². The Morgan fingerprint density at radius 3 is 2.23 bits per heavy atom. The van der Waals surface area contributed by atoms with Gasteiger partial charge in [0.1, 0.15) is 5.75 Å². The largest absolute Gasteiger partial charge is 0.481 e. The van der Waals surface area contributed by atoms with Gasteiger partial charge in [0.15, 0.2) is 6.10 Å². The maximum absolute atomic E-state index is 12.4. The number of hydrogen-bond donors (Lipinski definition) is 1. The van der Waals surface area contributed by atoms with E-state index in [0.717, 1.165) is 23.4 Å². The summed E-state index contributed by atoms with van der Waals surface area (Å²) in [6, 6.07) is 12.8. The molecular weight excluding hydrogens is 420 g/mol. The van der Waals surface area contributed by atoms with Crippen molar-refractivity contribution in [3.8, 4) is 5.75 Å². The van der Waals surface area contributed by atoms with E-state index >= 15 is 0 Å². The normalized spacial score (nSPS) is 12.0. The number of carbonyl (C=O) groups excluding carboxylic acids is 2. The van der Waals surface area contributed by atoms with Gasteiger partial charge in [-0.1, -0.05) is 13.3 Å². The summed E-state index contributed by atoms with van der Waals surface area (Å²) in [6.07, 6.45) is 2.08. The second-order valence-electron chi connectivity index (χ2n) is 7.04. The van der Waals surface area contributed by atoms with E-state index in [1.807, 2.05) is 6.92 Å². The van der Waals surface area contributed by atoms with Crippen LogP contribution in [-0.4, -0.2) is 46.3 Å². The van der Waals surface area contributed by atoms with Gasteiger partial charge in [-0.2, -0.15) is 0 Å². The minimum atomic E-state index is -3.36. The number of hydrogen-bond acceptors (Lipinski definition) is 6. The fourth-order valence-electron chi connectivity index (χ4n) is 2.51. The average Bonchev–Trinajstić information content (AvgIpc) is 2.73. The molecule has 0 radical (unpaired) electrons. The third kappa shape index (κ3) is 7.29. The lowest BCUT2D eigenvalue weighted by molar-refractivity contribution is -0.122. The lowest BCUT2D eigenvalue weighted by atomic mass is 10.2. The minimum Gasteiger partial charge on any atom is -0.481 e. The second kappa shape index (κ2) is 10.8. The Bertz CT molecular complexity index is 988. The van der Waals surface area contributed by atoms with Gasteiger partial charge in [-0.25, -0.2) is 13.2 Å². The lowest BCUT2D eigenvalue weighted by Gasteiger charge is -2.18. The summed E-state index contributed by atoms with van der Waals surface area (Å²) in [7, 11) is -1.90. The molecule has 0 aliphatic rings. The molecule has 0 heterocycles. The van der Waals surface area contributed by atoms with Crippen LogP contribution in [0.2, 0.25) is 0 Å². The SMILES string of the molecule is CCCCOC(=O)c1ccc(NC(=O)[C@@H](C)Oc2ccc(N(C)S(C)(=O)=O)cc2)cc1. The Morgan fingerprint density at radius 1 is 1.06 bits per heavy atom. The molecule has 8 nitrogen and oxygen atoms in total. The Balaban J connectivity index is 1.91. The quantitative estimate of drug-likeness (QED) is 0.441. The molecule has 1 amide bonds. The fraction of sp³-hybridized carbons (Fsp3) is 0.364. The van der Waals surface area contributed by atoms with Gasteiger partial charge in [0.2, 0.25) is 10.0 Å². The van der Waals surface area contributed by atoms with Crippen LogP contribution in [0.15, 0.2) is 48.5 Å². The van der Waals surface area contributed by atoms with Crippen molar-refractivity contribution in [1.29, 1.82) is 0 Å². The molecule has 0 spiro atoms. The maximum atomic E-state index is 12.4. The Kier molecular flexibility index (Phi) is 8.44. The van der Waals surface area contributed by atoms with Gasteiger partial charge in [-0.05, 0) is 61.9 Å². The summed E-state index contributed by atoms with van der Waals surface area (Å²) in [5, 5.41) is 2.73. The molecule has 0 saturated heterocycles. The number of sulfonamides is 1. The summed E-state index contributed by atoms with van der Waals surface area (Å²) in [4.78, 5) is 24.3. The van der Waals surface area contributed by atoms with Crippen LogP contribution in [0.3, 0.4) is 0 Å². The van der Waals surface area contributed by atoms with E-state index in [0.29, 0.717) is 29.3 Å². The summed E-state index contributed by atoms with van der Waals surface area (Å²) in [6.45, 7) is 4.00. The highest BCUT2D eigenvalue weighted by atomic mass is 32.2. The van der Waals surface area contributed by atoms with Crippen LogP contribution in [0, 0.1) is 0 Å². The standard InChI is InChI=1S/C22H28N2O6S/c1-5-6-15-29-22(26)17-7-9-18(10-8-17)23-21(25)16(2)30-20-13-11-19(12-14-20)24(3)31(4,27)28/h7-14,16H,5-6,15H2,1-4H3,(H,23,25)/t16-/m1/s1. The Morgan fingerprint density at radius 2 is 1.68 bits per heavy atom. The van der Waals surface area contributed by atoms with E-state index in [9.17, 15) is 18.0 Å². The molecule has 0 saturated carbocycles. The zero-order chi connectivity index (χ0) is 23.0. The molecule has 0 aliphatic carbocycles. The first kappa shape index (κ1) is 24.2. The summed E-state index contributed by atoms with van der Waals surface area (Å²) < 4.78 is 35.1. The smallest absolute Gasteiger partial charge is 0.338 e. The average molecular weight is 449 g/mol. The number of carbonyl (C=O) groups is 2. The highest BCUT2D eigenvalue weighted by Crippen LogP contribution is 2.21. The van der Waals surface area contributed by atoms with Crippen molar-refractivity contribution in [3.63, 3.8) is 0 Å². The van der Waals surface area contributed by atoms with Crippen molar-refractivity contribution < 1.29 is 27.5 Å². The van der Waals surface area contributed by atoms with Crippen LogP contribution in [0.4, 0.5) is 11.4 Å². The molecule has 1 N–H and O–H groups in total. The number of nitrogens with zero attached hydrogens (tertiary/aromatic N) is 1. The van der Waals surface area contributed by atoms with Crippen molar-refractivity contribution in [2.24, 2.45) is 0 Å². The highest BCUT2D eigenvalue weighted by molar-refractivity contribution is 7.92. The monoisotopic (exact) mass is 448 g/mol. The van der Waals surface area contributed by atoms with Gasteiger partial charge in [-0.3, -0.25) is 9.10 Å². The van der Waals surface area contributed by atoms with Crippen LogP contribution in [0.5, 0.6) is 5.75 Å². The van der Waals surface area contributed by atoms with E-state index in [1.165, 1.54) is 7.05 Å².